The zero-order chi connectivity index (χ0) is 15.7. The van der Waals surface area contributed by atoms with E-state index in [0.29, 0.717) is 0 Å². The van der Waals surface area contributed by atoms with Crippen LogP contribution in [0, 0.1) is 0 Å². The van der Waals surface area contributed by atoms with Crippen molar-refractivity contribution in [1.82, 2.24) is 4.72 Å². The number of carbonyl (C=O) groups is 1. The number of aliphatic carboxylic acids is 1. The molecule has 0 heterocycles. The summed E-state index contributed by atoms with van der Waals surface area (Å²) in [6.07, 6.45) is 0. The Hall–Kier alpha value is -0.570. The van der Waals surface area contributed by atoms with Gasteiger partial charge in [0.2, 0.25) is 10.0 Å². The number of benzene rings is 1. The number of carboxylic acids is 1. The van der Waals surface area contributed by atoms with Gasteiger partial charge in [-0.15, -0.1) is 0 Å². The standard InChI is InChI=1S/C10H10Cl3NO5S/c1-10(17,9(15)16)4-14-20(18,19)8-6(12)2-5(11)3-7(8)13/h2-3,14,17H,4H2,1H3,(H,15,16). The lowest BCUT2D eigenvalue weighted by Gasteiger charge is -2.19. The van der Waals surface area contributed by atoms with Gasteiger partial charge in [-0.25, -0.2) is 17.9 Å². The lowest BCUT2D eigenvalue weighted by molar-refractivity contribution is -0.155. The van der Waals surface area contributed by atoms with Gasteiger partial charge in [0.25, 0.3) is 0 Å². The molecule has 0 aliphatic rings. The van der Waals surface area contributed by atoms with E-state index in [1.54, 1.807) is 0 Å². The fourth-order valence-corrected chi connectivity index (χ4v) is 3.84. The van der Waals surface area contributed by atoms with Crippen LogP contribution in [-0.2, 0) is 14.8 Å². The lowest BCUT2D eigenvalue weighted by Crippen LogP contribution is -2.46. The number of halogens is 3. The van der Waals surface area contributed by atoms with Crippen LogP contribution < -0.4 is 4.72 Å². The maximum Gasteiger partial charge on any atom is 0.336 e. The van der Waals surface area contributed by atoms with Gasteiger partial charge < -0.3 is 10.2 Å². The molecule has 1 aromatic carbocycles. The number of hydrogen-bond donors (Lipinski definition) is 3. The number of sulfonamides is 1. The Bertz CT molecular complexity index is 621. The molecule has 0 radical (unpaired) electrons. The third-order valence-electron chi connectivity index (χ3n) is 2.30. The summed E-state index contributed by atoms with van der Waals surface area (Å²) in [4.78, 5) is 10.3. The van der Waals surface area contributed by atoms with Crippen LogP contribution in [0.3, 0.4) is 0 Å². The Morgan fingerprint density at radius 1 is 1.30 bits per heavy atom. The van der Waals surface area contributed by atoms with Gasteiger partial charge in [0, 0.05) is 5.02 Å². The van der Waals surface area contributed by atoms with Crippen LogP contribution in [0.25, 0.3) is 0 Å². The minimum Gasteiger partial charge on any atom is -0.479 e. The molecule has 1 unspecified atom stereocenters. The first-order chi connectivity index (χ1) is 8.97. The highest BCUT2D eigenvalue weighted by molar-refractivity contribution is 7.89. The van der Waals surface area contributed by atoms with Crippen LogP contribution in [0.4, 0.5) is 0 Å². The number of rotatable bonds is 5. The van der Waals surface area contributed by atoms with Crippen molar-refractivity contribution in [2.45, 2.75) is 17.4 Å². The maximum absolute atomic E-state index is 12.0. The predicted octanol–water partition coefficient (Wildman–Crippen LogP) is 1.76. The van der Waals surface area contributed by atoms with E-state index in [9.17, 15) is 18.3 Å². The van der Waals surface area contributed by atoms with Crippen molar-refractivity contribution in [3.63, 3.8) is 0 Å². The van der Waals surface area contributed by atoms with Gasteiger partial charge in [-0.05, 0) is 19.1 Å². The van der Waals surface area contributed by atoms with Crippen LogP contribution in [0.2, 0.25) is 15.1 Å². The predicted molar refractivity (Wildman–Crippen MR) is 74.9 cm³/mol. The molecular weight excluding hydrogens is 353 g/mol. The summed E-state index contributed by atoms with van der Waals surface area (Å²) >= 11 is 17.2. The van der Waals surface area contributed by atoms with Crippen molar-refractivity contribution < 1.29 is 23.4 Å². The van der Waals surface area contributed by atoms with Gasteiger partial charge in [-0.3, -0.25) is 0 Å². The summed E-state index contributed by atoms with van der Waals surface area (Å²) in [5, 5.41) is 17.9. The van der Waals surface area contributed by atoms with E-state index in [1.165, 1.54) is 12.1 Å². The summed E-state index contributed by atoms with van der Waals surface area (Å²) in [5.74, 6) is -1.58. The normalized spacial score (nSPS) is 14.8. The fourth-order valence-electron chi connectivity index (χ4n) is 1.17. The van der Waals surface area contributed by atoms with E-state index in [0.717, 1.165) is 6.92 Å². The highest BCUT2D eigenvalue weighted by atomic mass is 35.5. The van der Waals surface area contributed by atoms with Crippen LogP contribution in [0.15, 0.2) is 17.0 Å². The van der Waals surface area contributed by atoms with E-state index in [1.807, 2.05) is 4.72 Å². The van der Waals surface area contributed by atoms with E-state index >= 15 is 0 Å². The van der Waals surface area contributed by atoms with Crippen molar-refractivity contribution in [1.29, 1.82) is 0 Å². The summed E-state index contributed by atoms with van der Waals surface area (Å²) in [7, 11) is -4.20. The average molecular weight is 363 g/mol. The zero-order valence-corrected chi connectivity index (χ0v) is 13.1. The molecule has 1 aromatic rings. The highest BCUT2D eigenvalue weighted by Gasteiger charge is 2.33. The molecule has 0 spiro atoms. The van der Waals surface area contributed by atoms with E-state index in [4.69, 9.17) is 39.9 Å². The first-order valence-electron chi connectivity index (χ1n) is 5.07. The van der Waals surface area contributed by atoms with Crippen molar-refractivity contribution >= 4 is 50.8 Å². The first kappa shape index (κ1) is 17.5. The van der Waals surface area contributed by atoms with Gasteiger partial charge in [0.1, 0.15) is 4.90 Å². The largest absolute Gasteiger partial charge is 0.479 e. The van der Waals surface area contributed by atoms with Crippen molar-refractivity contribution in [2.24, 2.45) is 0 Å². The summed E-state index contributed by atoms with van der Waals surface area (Å²) < 4.78 is 26.0. The van der Waals surface area contributed by atoms with Crippen molar-refractivity contribution in [2.75, 3.05) is 6.54 Å². The average Bonchev–Trinajstić information content (AvgIpc) is 2.24. The lowest BCUT2D eigenvalue weighted by atomic mass is 10.1. The zero-order valence-electron chi connectivity index (χ0n) is 10.0. The van der Waals surface area contributed by atoms with Crippen molar-refractivity contribution in [3.8, 4) is 0 Å². The SMILES string of the molecule is CC(O)(CNS(=O)(=O)c1c(Cl)cc(Cl)cc1Cl)C(=O)O. The molecule has 0 amide bonds. The second-order valence-electron chi connectivity index (χ2n) is 4.10. The molecule has 0 bridgehead atoms. The van der Waals surface area contributed by atoms with Crippen LogP contribution in [-0.4, -0.2) is 36.7 Å². The van der Waals surface area contributed by atoms with Crippen LogP contribution in [0.1, 0.15) is 6.92 Å². The monoisotopic (exact) mass is 361 g/mol. The Balaban J connectivity index is 3.11. The minimum absolute atomic E-state index is 0.150. The molecule has 0 aliphatic carbocycles. The second kappa shape index (κ2) is 6.05. The quantitative estimate of drug-likeness (QED) is 0.740. The Morgan fingerprint density at radius 3 is 2.15 bits per heavy atom. The van der Waals surface area contributed by atoms with Gasteiger partial charge in [0.15, 0.2) is 5.60 Å². The number of carboxylic acid groups (broad SMARTS) is 1. The molecule has 3 N–H and O–H groups in total. The Labute approximate surface area is 130 Å². The molecule has 0 aromatic heterocycles. The minimum atomic E-state index is -4.20. The molecule has 0 aliphatic heterocycles. The molecular formula is C10H10Cl3NO5S. The third-order valence-corrected chi connectivity index (χ3v) is 4.84. The number of nitrogens with one attached hydrogen (secondary N) is 1. The van der Waals surface area contributed by atoms with E-state index in [-0.39, 0.29) is 15.1 Å². The second-order valence-corrected chi connectivity index (χ2v) is 7.06. The van der Waals surface area contributed by atoms with Crippen LogP contribution in [0.5, 0.6) is 0 Å². The third kappa shape index (κ3) is 3.97. The van der Waals surface area contributed by atoms with E-state index in [2.05, 4.69) is 0 Å². The first-order valence-corrected chi connectivity index (χ1v) is 7.69. The van der Waals surface area contributed by atoms with Crippen LogP contribution >= 0.6 is 34.8 Å². The molecule has 0 saturated carbocycles. The topological polar surface area (TPSA) is 104 Å². The smallest absolute Gasteiger partial charge is 0.336 e. The summed E-state index contributed by atoms with van der Waals surface area (Å²) in [6, 6.07) is 2.36. The van der Waals surface area contributed by atoms with Gasteiger partial charge >= 0.3 is 5.97 Å². The Kier molecular flexibility index (Phi) is 5.29. The van der Waals surface area contributed by atoms with E-state index < -0.39 is 33.0 Å². The summed E-state index contributed by atoms with van der Waals surface area (Å²) in [6.45, 7) is 0.197. The fraction of sp³-hybridized carbons (Fsp3) is 0.300. The summed E-state index contributed by atoms with van der Waals surface area (Å²) in [5.41, 5.74) is -2.27. The number of aliphatic hydroxyl groups is 1. The molecule has 1 atom stereocenters. The molecule has 20 heavy (non-hydrogen) atoms. The molecule has 10 heteroatoms. The molecule has 112 valence electrons. The molecule has 0 saturated heterocycles. The van der Waals surface area contributed by atoms with Gasteiger partial charge in [0.05, 0.1) is 16.6 Å². The molecule has 0 fully saturated rings. The molecule has 6 nitrogen and oxygen atoms in total. The maximum atomic E-state index is 12.0. The van der Waals surface area contributed by atoms with Gasteiger partial charge in [-0.1, -0.05) is 34.8 Å². The Morgan fingerprint density at radius 2 is 1.75 bits per heavy atom. The highest BCUT2D eigenvalue weighted by Crippen LogP contribution is 2.32. The van der Waals surface area contributed by atoms with Crippen molar-refractivity contribution in [3.05, 3.63) is 27.2 Å². The number of hydrogen-bond acceptors (Lipinski definition) is 4. The molecule has 1 rings (SSSR count). The van der Waals surface area contributed by atoms with Gasteiger partial charge in [-0.2, -0.15) is 0 Å².